The minimum atomic E-state index is 0.516. The lowest BCUT2D eigenvalue weighted by molar-refractivity contribution is 0.166. The summed E-state index contributed by atoms with van der Waals surface area (Å²) in [6.07, 6.45) is 6.61. The van der Waals surface area contributed by atoms with Crippen molar-refractivity contribution < 1.29 is 9.47 Å². The maximum atomic E-state index is 9.21. The number of nitriles is 1. The van der Waals surface area contributed by atoms with Crippen molar-refractivity contribution in [2.45, 2.75) is 37.8 Å². The molecule has 2 aliphatic rings. The van der Waals surface area contributed by atoms with Crippen molar-refractivity contribution in [3.8, 4) is 17.8 Å². The standard InChI is InChI=1S/C24H28N6O2/c1-31-22-11-23(32-2)28-24(27-22)29-14-18-6-7-19(15-29)30(18)9-3-4-17-13-26-21-8-5-16(12-25)10-20(17)21/h5,8,10-11,13,18-19,26H,3-4,6-7,9,14-15H2,1-2H3. The topological polar surface area (TPSA) is 90.3 Å². The van der Waals surface area contributed by atoms with Crippen molar-refractivity contribution in [2.75, 3.05) is 38.8 Å². The van der Waals surface area contributed by atoms with Crippen molar-refractivity contribution in [3.05, 3.63) is 41.6 Å². The van der Waals surface area contributed by atoms with E-state index in [1.54, 1.807) is 20.3 Å². The first-order valence-corrected chi connectivity index (χ1v) is 11.2. The van der Waals surface area contributed by atoms with E-state index in [-0.39, 0.29) is 0 Å². The second-order valence-corrected chi connectivity index (χ2v) is 8.57. The zero-order valence-electron chi connectivity index (χ0n) is 18.5. The quantitative estimate of drug-likeness (QED) is 0.613. The number of piperazine rings is 1. The molecule has 0 radical (unpaired) electrons. The number of ether oxygens (including phenoxy) is 2. The van der Waals surface area contributed by atoms with Crippen LogP contribution >= 0.6 is 0 Å². The van der Waals surface area contributed by atoms with Gasteiger partial charge >= 0.3 is 0 Å². The van der Waals surface area contributed by atoms with Crippen LogP contribution in [0.5, 0.6) is 11.8 Å². The molecule has 2 aliphatic heterocycles. The van der Waals surface area contributed by atoms with E-state index >= 15 is 0 Å². The SMILES string of the molecule is COc1cc(OC)nc(N2CC3CCC(C2)N3CCCc2c[nH]c3ccc(C#N)cc23)n1. The molecule has 8 nitrogen and oxygen atoms in total. The monoisotopic (exact) mass is 432 g/mol. The third-order valence-corrected chi connectivity index (χ3v) is 6.76. The summed E-state index contributed by atoms with van der Waals surface area (Å²) >= 11 is 0. The molecule has 0 amide bonds. The third-order valence-electron chi connectivity index (χ3n) is 6.76. The molecule has 2 atom stereocenters. The predicted octanol–water partition coefficient (Wildman–Crippen LogP) is 3.13. The molecular formula is C24H28N6O2. The number of anilines is 1. The summed E-state index contributed by atoms with van der Waals surface area (Å²) in [5, 5.41) is 10.4. The zero-order valence-corrected chi connectivity index (χ0v) is 18.5. The van der Waals surface area contributed by atoms with Gasteiger partial charge in [-0.05, 0) is 56.0 Å². The average Bonchev–Trinajstić information content (AvgIpc) is 3.34. The minimum absolute atomic E-state index is 0.516. The molecule has 0 aliphatic carbocycles. The highest BCUT2D eigenvalue weighted by Gasteiger charge is 2.40. The predicted molar refractivity (Wildman–Crippen MR) is 122 cm³/mol. The van der Waals surface area contributed by atoms with Gasteiger partial charge in [-0.2, -0.15) is 15.2 Å². The highest BCUT2D eigenvalue weighted by atomic mass is 16.5. The summed E-state index contributed by atoms with van der Waals surface area (Å²) in [7, 11) is 3.23. The van der Waals surface area contributed by atoms with Gasteiger partial charge in [0.05, 0.1) is 31.9 Å². The van der Waals surface area contributed by atoms with E-state index in [0.29, 0.717) is 35.4 Å². The highest BCUT2D eigenvalue weighted by Crippen LogP contribution is 2.33. The lowest BCUT2D eigenvalue weighted by atomic mass is 10.1. The number of aromatic amines is 1. The van der Waals surface area contributed by atoms with Crippen LogP contribution in [-0.2, 0) is 6.42 Å². The van der Waals surface area contributed by atoms with E-state index in [0.717, 1.165) is 38.0 Å². The number of H-pyrrole nitrogens is 1. The number of benzene rings is 1. The molecule has 2 fully saturated rings. The molecule has 0 saturated carbocycles. The molecular weight excluding hydrogens is 404 g/mol. The van der Waals surface area contributed by atoms with E-state index in [4.69, 9.17) is 9.47 Å². The molecule has 2 saturated heterocycles. The van der Waals surface area contributed by atoms with Crippen LogP contribution in [0.3, 0.4) is 0 Å². The van der Waals surface area contributed by atoms with E-state index in [9.17, 15) is 5.26 Å². The van der Waals surface area contributed by atoms with Crippen molar-refractivity contribution in [1.82, 2.24) is 19.9 Å². The van der Waals surface area contributed by atoms with Crippen LogP contribution in [-0.4, -0.2) is 65.8 Å². The second kappa shape index (κ2) is 8.67. The van der Waals surface area contributed by atoms with Crippen LogP contribution in [0.25, 0.3) is 10.9 Å². The first kappa shape index (κ1) is 20.6. The summed E-state index contributed by atoms with van der Waals surface area (Å²) in [5.41, 5.74) is 3.10. The molecule has 4 heterocycles. The number of methoxy groups -OCH3 is 2. The molecule has 32 heavy (non-hydrogen) atoms. The summed E-state index contributed by atoms with van der Waals surface area (Å²) in [4.78, 5) is 17.4. The lowest BCUT2D eigenvalue weighted by Crippen LogP contribution is -2.54. The summed E-state index contributed by atoms with van der Waals surface area (Å²) in [6.45, 7) is 2.92. The van der Waals surface area contributed by atoms with Gasteiger partial charge < -0.3 is 19.4 Å². The van der Waals surface area contributed by atoms with Crippen LogP contribution in [0.4, 0.5) is 5.95 Å². The van der Waals surface area contributed by atoms with Crippen molar-refractivity contribution in [3.63, 3.8) is 0 Å². The van der Waals surface area contributed by atoms with Crippen molar-refractivity contribution in [2.24, 2.45) is 0 Å². The Morgan fingerprint density at radius 1 is 1.09 bits per heavy atom. The maximum absolute atomic E-state index is 9.21. The Hall–Kier alpha value is -3.31. The van der Waals surface area contributed by atoms with E-state index in [1.807, 2.05) is 18.2 Å². The zero-order chi connectivity index (χ0) is 22.1. The molecule has 3 aromatic rings. The van der Waals surface area contributed by atoms with Gasteiger partial charge in [-0.1, -0.05) is 0 Å². The number of nitrogens with zero attached hydrogens (tertiary/aromatic N) is 5. The Bertz CT molecular complexity index is 1120. The van der Waals surface area contributed by atoms with Crippen LogP contribution in [0.1, 0.15) is 30.4 Å². The Kier molecular flexibility index (Phi) is 5.58. The Labute approximate surface area is 187 Å². The number of aryl methyl sites for hydroxylation is 1. The maximum Gasteiger partial charge on any atom is 0.232 e. The van der Waals surface area contributed by atoms with E-state index in [1.165, 1.54) is 23.8 Å². The Morgan fingerprint density at radius 2 is 1.81 bits per heavy atom. The van der Waals surface area contributed by atoms with E-state index in [2.05, 4.69) is 37.0 Å². The van der Waals surface area contributed by atoms with E-state index < -0.39 is 0 Å². The third kappa shape index (κ3) is 3.84. The molecule has 1 aromatic carbocycles. The smallest absolute Gasteiger partial charge is 0.232 e. The number of aromatic nitrogens is 3. The highest BCUT2D eigenvalue weighted by molar-refractivity contribution is 5.84. The molecule has 0 spiro atoms. The number of nitrogens with one attached hydrogen (secondary N) is 1. The number of hydrogen-bond acceptors (Lipinski definition) is 7. The Balaban J connectivity index is 1.23. The van der Waals surface area contributed by atoms with Gasteiger partial charge in [0, 0.05) is 42.3 Å². The van der Waals surface area contributed by atoms with Crippen molar-refractivity contribution >= 4 is 16.9 Å². The van der Waals surface area contributed by atoms with Gasteiger partial charge in [0.1, 0.15) is 0 Å². The van der Waals surface area contributed by atoms with Crippen LogP contribution < -0.4 is 14.4 Å². The van der Waals surface area contributed by atoms with Gasteiger partial charge in [-0.25, -0.2) is 0 Å². The summed E-state index contributed by atoms with van der Waals surface area (Å²) in [6, 6.07) is 10.8. The molecule has 5 rings (SSSR count). The van der Waals surface area contributed by atoms with Crippen molar-refractivity contribution in [1.29, 1.82) is 5.26 Å². The molecule has 166 valence electrons. The molecule has 2 aromatic heterocycles. The fraction of sp³-hybridized carbons (Fsp3) is 0.458. The molecule has 8 heteroatoms. The van der Waals surface area contributed by atoms with Crippen LogP contribution in [0, 0.1) is 11.3 Å². The fourth-order valence-electron chi connectivity index (χ4n) is 5.17. The van der Waals surface area contributed by atoms with Gasteiger partial charge in [0.25, 0.3) is 0 Å². The Morgan fingerprint density at radius 3 is 2.47 bits per heavy atom. The first-order chi connectivity index (χ1) is 15.7. The van der Waals surface area contributed by atoms with Crippen LogP contribution in [0.15, 0.2) is 30.5 Å². The van der Waals surface area contributed by atoms with Gasteiger partial charge in [-0.3, -0.25) is 4.90 Å². The second-order valence-electron chi connectivity index (χ2n) is 8.57. The largest absolute Gasteiger partial charge is 0.481 e. The molecule has 2 unspecified atom stereocenters. The van der Waals surface area contributed by atoms with Gasteiger partial charge in [0.15, 0.2) is 0 Å². The summed E-state index contributed by atoms with van der Waals surface area (Å²) < 4.78 is 10.6. The fourth-order valence-corrected chi connectivity index (χ4v) is 5.17. The minimum Gasteiger partial charge on any atom is -0.481 e. The van der Waals surface area contributed by atoms with Gasteiger partial charge in [0.2, 0.25) is 17.7 Å². The van der Waals surface area contributed by atoms with Gasteiger partial charge in [-0.15, -0.1) is 0 Å². The lowest BCUT2D eigenvalue weighted by Gasteiger charge is -2.41. The summed E-state index contributed by atoms with van der Waals surface area (Å²) in [5.74, 6) is 1.74. The number of fused-ring (bicyclic) bond motifs is 3. The number of rotatable bonds is 7. The number of hydrogen-bond donors (Lipinski definition) is 1. The normalized spacial score (nSPS) is 20.5. The molecule has 2 bridgehead atoms. The molecule has 1 N–H and O–H groups in total. The van der Waals surface area contributed by atoms with Crippen LogP contribution in [0.2, 0.25) is 0 Å². The first-order valence-electron chi connectivity index (χ1n) is 11.2. The average molecular weight is 433 g/mol.